The number of esters is 1. The first kappa shape index (κ1) is 23.4. The number of amides is 1. The molecule has 0 saturated heterocycles. The van der Waals surface area contributed by atoms with Crippen LogP contribution in [0.1, 0.15) is 39.8 Å². The second kappa shape index (κ2) is 9.71. The molecule has 0 fully saturated rings. The number of thiophene rings is 1. The van der Waals surface area contributed by atoms with Gasteiger partial charge in [0.2, 0.25) is 0 Å². The van der Waals surface area contributed by atoms with Crippen LogP contribution in [-0.4, -0.2) is 27.9 Å². The van der Waals surface area contributed by atoms with Crippen molar-refractivity contribution in [3.63, 3.8) is 0 Å². The molecule has 2 heterocycles. The second-order valence-electron chi connectivity index (χ2n) is 8.33. The molecule has 1 N–H and O–H groups in total. The van der Waals surface area contributed by atoms with E-state index in [0.29, 0.717) is 22.9 Å². The van der Waals surface area contributed by atoms with E-state index < -0.39 is 22.9 Å². The van der Waals surface area contributed by atoms with Crippen molar-refractivity contribution >= 4 is 57.1 Å². The van der Waals surface area contributed by atoms with Crippen LogP contribution in [0.3, 0.4) is 0 Å². The lowest BCUT2D eigenvalue weighted by molar-refractivity contribution is -0.383. The number of carbonyl (C=O) groups is 2. The fraction of sp³-hybridized carbons (Fsp3) is 0.148. The van der Waals surface area contributed by atoms with Crippen molar-refractivity contribution in [3.8, 4) is 0 Å². The first-order valence-corrected chi connectivity index (χ1v) is 12.2. The van der Waals surface area contributed by atoms with Gasteiger partial charge >= 0.3 is 5.97 Å². The first-order chi connectivity index (χ1) is 17.4. The number of nitro benzene ring substituents is 1. The number of rotatable bonds is 6. The zero-order valence-corrected chi connectivity index (χ0v) is 20.1. The van der Waals surface area contributed by atoms with Gasteiger partial charge in [0.05, 0.1) is 21.7 Å². The molecule has 0 radical (unpaired) electrons. The topological polar surface area (TPSA) is 111 Å². The van der Waals surface area contributed by atoms with Crippen molar-refractivity contribution in [1.82, 2.24) is 4.98 Å². The van der Waals surface area contributed by atoms with E-state index in [-0.39, 0.29) is 11.4 Å². The Morgan fingerprint density at radius 1 is 1.11 bits per heavy atom. The molecule has 4 aromatic rings. The number of hydrogen-bond donors (Lipinski definition) is 1. The first-order valence-electron chi connectivity index (χ1n) is 11.3. The number of ether oxygens (including phenoxy) is 1. The minimum absolute atomic E-state index is 0.0361. The van der Waals surface area contributed by atoms with Crippen LogP contribution >= 0.6 is 11.3 Å². The van der Waals surface area contributed by atoms with Crippen LogP contribution in [-0.2, 0) is 16.0 Å². The van der Waals surface area contributed by atoms with Crippen molar-refractivity contribution < 1.29 is 19.2 Å². The van der Waals surface area contributed by atoms with Gasteiger partial charge in [-0.3, -0.25) is 14.9 Å². The van der Waals surface area contributed by atoms with Crippen molar-refractivity contribution in [2.24, 2.45) is 0 Å². The van der Waals surface area contributed by atoms with Gasteiger partial charge in [0.1, 0.15) is 5.69 Å². The summed E-state index contributed by atoms with van der Waals surface area (Å²) in [6.07, 6.45) is 2.29. The summed E-state index contributed by atoms with van der Waals surface area (Å²) in [5.41, 5.74) is 3.48. The maximum absolute atomic E-state index is 13.4. The zero-order chi connectivity index (χ0) is 25.2. The number of benzene rings is 2. The molecule has 0 aliphatic heterocycles. The predicted octanol–water partition coefficient (Wildman–Crippen LogP) is 5.88. The van der Waals surface area contributed by atoms with Crippen LogP contribution in [0.5, 0.6) is 0 Å². The van der Waals surface area contributed by atoms with Gasteiger partial charge in [0, 0.05) is 16.3 Å². The minimum atomic E-state index is -1.18. The van der Waals surface area contributed by atoms with Gasteiger partial charge in [-0.1, -0.05) is 36.4 Å². The molecule has 0 bridgehead atoms. The van der Waals surface area contributed by atoms with Crippen LogP contribution in [0.25, 0.3) is 22.6 Å². The quantitative estimate of drug-likeness (QED) is 0.202. The number of nitro groups is 1. The number of hydrogen-bond acceptors (Lipinski definition) is 7. The summed E-state index contributed by atoms with van der Waals surface area (Å²) < 4.78 is 5.58. The summed E-state index contributed by atoms with van der Waals surface area (Å²) >= 11 is 1.63. The lowest BCUT2D eigenvalue weighted by Crippen LogP contribution is -2.30. The Labute approximate surface area is 210 Å². The van der Waals surface area contributed by atoms with Gasteiger partial charge in [0.25, 0.3) is 11.6 Å². The van der Waals surface area contributed by atoms with Crippen LogP contribution in [0.4, 0.5) is 11.4 Å². The Morgan fingerprint density at radius 2 is 1.89 bits per heavy atom. The number of nitrogens with one attached hydrogen (secondary N) is 1. The molecule has 2 aromatic carbocycles. The smallest absolute Gasteiger partial charge is 0.339 e. The molecule has 1 aliphatic carbocycles. The number of carbonyl (C=O) groups excluding carboxylic acids is 2. The Kier molecular flexibility index (Phi) is 6.30. The third-order valence-electron chi connectivity index (χ3n) is 6.02. The van der Waals surface area contributed by atoms with E-state index in [9.17, 15) is 19.7 Å². The molecular weight excluding hydrogens is 478 g/mol. The van der Waals surface area contributed by atoms with E-state index in [0.717, 1.165) is 28.1 Å². The summed E-state index contributed by atoms with van der Waals surface area (Å²) in [7, 11) is 0. The minimum Gasteiger partial charge on any atom is -0.449 e. The standard InChI is InChI=1S/C27H21N3O5S/c1-16(26(31)29-22-10-4-5-11-23(22)30(33)34)35-27(32)24-19-8-2-3-9-21(19)28-25-17(12-13-20(24)25)15-18-7-6-14-36-18/h2-11,14-16H,12-13H2,1H3,(H,29,31)/b17-15-/t16-/m0/s1. The third kappa shape index (κ3) is 4.48. The Bertz CT molecular complexity index is 1530. The monoisotopic (exact) mass is 499 g/mol. The van der Waals surface area contributed by atoms with E-state index in [1.54, 1.807) is 17.4 Å². The Hall–Kier alpha value is -4.37. The molecule has 0 saturated carbocycles. The van der Waals surface area contributed by atoms with Crippen molar-refractivity contribution in [3.05, 3.63) is 97.9 Å². The molecule has 1 aliphatic rings. The maximum Gasteiger partial charge on any atom is 0.339 e. The molecule has 1 amide bonds. The molecule has 9 heteroatoms. The van der Waals surface area contributed by atoms with Crippen molar-refractivity contribution in [2.45, 2.75) is 25.9 Å². The van der Waals surface area contributed by atoms with E-state index in [1.807, 2.05) is 41.8 Å². The summed E-state index contributed by atoms with van der Waals surface area (Å²) in [4.78, 5) is 42.8. The normalized spacial score (nSPS) is 14.4. The molecule has 0 spiro atoms. The highest BCUT2D eigenvalue weighted by atomic mass is 32.1. The van der Waals surface area contributed by atoms with Gasteiger partial charge in [-0.05, 0) is 60.6 Å². The van der Waals surface area contributed by atoms with Crippen LogP contribution < -0.4 is 5.32 Å². The summed E-state index contributed by atoms with van der Waals surface area (Å²) in [5, 5.41) is 16.4. The van der Waals surface area contributed by atoms with Gasteiger partial charge in [0.15, 0.2) is 6.10 Å². The number of allylic oxidation sites excluding steroid dienone is 1. The lowest BCUT2D eigenvalue weighted by atomic mass is 10.0. The molecule has 2 aromatic heterocycles. The highest BCUT2D eigenvalue weighted by Gasteiger charge is 2.30. The summed E-state index contributed by atoms with van der Waals surface area (Å²) in [5.74, 6) is -1.29. The van der Waals surface area contributed by atoms with E-state index in [4.69, 9.17) is 9.72 Å². The highest BCUT2D eigenvalue weighted by Crippen LogP contribution is 2.38. The predicted molar refractivity (Wildman–Crippen MR) is 139 cm³/mol. The molecule has 36 heavy (non-hydrogen) atoms. The average molecular weight is 500 g/mol. The molecule has 5 rings (SSSR count). The molecule has 180 valence electrons. The van der Waals surface area contributed by atoms with Crippen molar-refractivity contribution in [1.29, 1.82) is 0 Å². The maximum atomic E-state index is 13.4. The van der Waals surface area contributed by atoms with E-state index in [1.165, 1.54) is 25.1 Å². The highest BCUT2D eigenvalue weighted by molar-refractivity contribution is 7.10. The fourth-order valence-corrected chi connectivity index (χ4v) is 4.98. The molecule has 8 nitrogen and oxygen atoms in total. The molecule has 1 atom stereocenters. The number of nitrogens with zero attached hydrogens (tertiary/aromatic N) is 2. The number of anilines is 1. The largest absolute Gasteiger partial charge is 0.449 e. The van der Waals surface area contributed by atoms with E-state index in [2.05, 4.69) is 11.4 Å². The number of fused-ring (bicyclic) bond motifs is 2. The SMILES string of the molecule is C[C@H](OC(=O)c1c2c(nc3ccccc13)/C(=C\c1cccs1)CC2)C(=O)Nc1ccccc1[N+](=O)[O-]. The average Bonchev–Trinajstić information content (AvgIpc) is 3.53. The summed E-state index contributed by atoms with van der Waals surface area (Å²) in [6, 6.07) is 17.2. The van der Waals surface area contributed by atoms with Crippen molar-refractivity contribution in [2.75, 3.05) is 5.32 Å². The summed E-state index contributed by atoms with van der Waals surface area (Å²) in [6.45, 7) is 1.44. The number of pyridine rings is 1. The number of para-hydroxylation sites is 3. The molecule has 0 unspecified atom stereocenters. The second-order valence-corrected chi connectivity index (χ2v) is 9.31. The number of aromatic nitrogens is 1. The zero-order valence-electron chi connectivity index (χ0n) is 19.3. The molecular formula is C27H21N3O5S. The van der Waals surface area contributed by atoms with Gasteiger partial charge < -0.3 is 10.1 Å². The van der Waals surface area contributed by atoms with Gasteiger partial charge in [-0.2, -0.15) is 0 Å². The lowest BCUT2D eigenvalue weighted by Gasteiger charge is -2.16. The Morgan fingerprint density at radius 3 is 2.67 bits per heavy atom. The van der Waals surface area contributed by atoms with E-state index >= 15 is 0 Å². The van der Waals surface area contributed by atoms with Crippen LogP contribution in [0.15, 0.2) is 66.0 Å². The Balaban J connectivity index is 1.45. The fourth-order valence-electron chi connectivity index (χ4n) is 4.30. The van der Waals surface area contributed by atoms with Gasteiger partial charge in [-0.25, -0.2) is 9.78 Å². The third-order valence-corrected chi connectivity index (χ3v) is 6.84. The van der Waals surface area contributed by atoms with Crippen LogP contribution in [0, 0.1) is 10.1 Å². The van der Waals surface area contributed by atoms with Gasteiger partial charge in [-0.15, -0.1) is 11.3 Å². The van der Waals surface area contributed by atoms with Crippen LogP contribution in [0.2, 0.25) is 0 Å².